The lowest BCUT2D eigenvalue weighted by atomic mass is 10.0. The Balaban J connectivity index is 2.19. The molecule has 4 N–H and O–H groups in total. The Labute approximate surface area is 108 Å². The Kier molecular flexibility index (Phi) is 3.64. The highest BCUT2D eigenvalue weighted by Crippen LogP contribution is 2.30. The van der Waals surface area contributed by atoms with Crippen LogP contribution in [0.25, 0.3) is 0 Å². The number of alkyl halides is 2. The number of piperidine rings is 1. The first-order valence-corrected chi connectivity index (χ1v) is 5.75. The third-order valence-electron chi connectivity index (χ3n) is 2.88. The Morgan fingerprint density at radius 3 is 2.74 bits per heavy atom. The van der Waals surface area contributed by atoms with E-state index in [9.17, 15) is 18.4 Å². The van der Waals surface area contributed by atoms with Crippen LogP contribution in [0.5, 0.6) is 0 Å². The van der Waals surface area contributed by atoms with Gasteiger partial charge >= 0.3 is 0 Å². The van der Waals surface area contributed by atoms with Crippen molar-refractivity contribution >= 4 is 23.2 Å². The molecular formula is C12H13F2N3O2. The number of nitrogens with two attached hydrogens (primary N) is 1. The number of anilines is 2. The highest BCUT2D eigenvalue weighted by Gasteiger charge is 2.27. The van der Waals surface area contributed by atoms with Crippen molar-refractivity contribution < 1.29 is 18.4 Å². The molecule has 0 spiro atoms. The number of benzene rings is 1. The van der Waals surface area contributed by atoms with Crippen LogP contribution in [0.2, 0.25) is 0 Å². The molecule has 7 heteroatoms. The van der Waals surface area contributed by atoms with Crippen molar-refractivity contribution in [2.45, 2.75) is 25.3 Å². The number of hydrogen-bond acceptors (Lipinski definition) is 4. The van der Waals surface area contributed by atoms with Gasteiger partial charge in [-0.25, -0.2) is 8.78 Å². The maximum absolute atomic E-state index is 12.9. The molecule has 2 rings (SSSR count). The van der Waals surface area contributed by atoms with Gasteiger partial charge in [0.15, 0.2) is 0 Å². The predicted molar refractivity (Wildman–Crippen MR) is 65.6 cm³/mol. The Morgan fingerprint density at radius 2 is 2.11 bits per heavy atom. The van der Waals surface area contributed by atoms with Crippen LogP contribution < -0.4 is 16.4 Å². The van der Waals surface area contributed by atoms with Gasteiger partial charge in [0.1, 0.15) is 6.04 Å². The summed E-state index contributed by atoms with van der Waals surface area (Å²) in [6.07, 6.45) is -2.24. The number of rotatable bonds is 3. The van der Waals surface area contributed by atoms with Gasteiger partial charge < -0.3 is 11.1 Å². The summed E-state index contributed by atoms with van der Waals surface area (Å²) < 4.78 is 25.7. The molecule has 0 aliphatic carbocycles. The van der Waals surface area contributed by atoms with Crippen molar-refractivity contribution in [3.05, 3.63) is 23.8 Å². The minimum Gasteiger partial charge on any atom is -0.399 e. The number of hydrogen-bond donors (Lipinski definition) is 3. The van der Waals surface area contributed by atoms with Gasteiger partial charge in [-0.3, -0.25) is 14.9 Å². The minimum atomic E-state index is -2.70. The number of carbonyl (C=O) groups excluding carboxylic acids is 2. The molecule has 1 aromatic carbocycles. The molecule has 1 saturated heterocycles. The van der Waals surface area contributed by atoms with Crippen LogP contribution in [0.3, 0.4) is 0 Å². The van der Waals surface area contributed by atoms with Crippen molar-refractivity contribution in [3.8, 4) is 0 Å². The quantitative estimate of drug-likeness (QED) is 0.572. The average Bonchev–Trinajstić information content (AvgIpc) is 2.34. The van der Waals surface area contributed by atoms with E-state index in [0.717, 1.165) is 0 Å². The predicted octanol–water partition coefficient (Wildman–Crippen LogP) is 1.42. The summed E-state index contributed by atoms with van der Waals surface area (Å²) in [4.78, 5) is 22.5. The first-order valence-electron chi connectivity index (χ1n) is 5.75. The summed E-state index contributed by atoms with van der Waals surface area (Å²) in [5.41, 5.74) is 5.58. The smallest absolute Gasteiger partial charge is 0.265 e. The van der Waals surface area contributed by atoms with E-state index in [2.05, 4.69) is 10.6 Å². The summed E-state index contributed by atoms with van der Waals surface area (Å²) in [7, 11) is 0. The standard InChI is InChI=1S/C12H13F2N3O2/c13-11(14)7-5-6(15)1-2-8(7)16-9-3-4-10(18)17-12(9)19/h1-2,5,9,11,16H,3-4,15H2,(H,17,18,19). The molecule has 1 atom stereocenters. The number of amides is 2. The van der Waals surface area contributed by atoms with Crippen LogP contribution in [0.4, 0.5) is 20.2 Å². The third-order valence-corrected chi connectivity index (χ3v) is 2.88. The van der Waals surface area contributed by atoms with Gasteiger partial charge in [0.05, 0.1) is 0 Å². The molecule has 2 amide bonds. The van der Waals surface area contributed by atoms with E-state index in [0.29, 0.717) is 0 Å². The number of halogens is 2. The van der Waals surface area contributed by atoms with Gasteiger partial charge in [-0.2, -0.15) is 0 Å². The van der Waals surface area contributed by atoms with Crippen molar-refractivity contribution in [1.82, 2.24) is 5.32 Å². The molecule has 1 aromatic rings. The fourth-order valence-electron chi connectivity index (χ4n) is 1.91. The molecule has 0 aromatic heterocycles. The number of nitrogens with one attached hydrogen (secondary N) is 2. The monoisotopic (exact) mass is 269 g/mol. The molecule has 1 aliphatic heterocycles. The lowest BCUT2D eigenvalue weighted by molar-refractivity contribution is -0.133. The zero-order valence-corrected chi connectivity index (χ0v) is 9.95. The second kappa shape index (κ2) is 5.21. The molecule has 102 valence electrons. The largest absolute Gasteiger partial charge is 0.399 e. The third kappa shape index (κ3) is 2.98. The second-order valence-corrected chi connectivity index (χ2v) is 4.30. The van der Waals surface area contributed by atoms with Crippen LogP contribution in [0.1, 0.15) is 24.8 Å². The summed E-state index contributed by atoms with van der Waals surface area (Å²) in [6.45, 7) is 0. The van der Waals surface area contributed by atoms with E-state index in [4.69, 9.17) is 5.73 Å². The SMILES string of the molecule is Nc1ccc(NC2CCC(=O)NC2=O)c(C(F)F)c1. The summed E-state index contributed by atoms with van der Waals surface area (Å²) >= 11 is 0. The molecule has 19 heavy (non-hydrogen) atoms. The average molecular weight is 269 g/mol. The molecule has 0 saturated carbocycles. The molecule has 1 aliphatic rings. The minimum absolute atomic E-state index is 0.152. The molecule has 1 heterocycles. The van der Waals surface area contributed by atoms with E-state index < -0.39 is 18.4 Å². The zero-order chi connectivity index (χ0) is 14.0. The topological polar surface area (TPSA) is 84.2 Å². The van der Waals surface area contributed by atoms with Crippen LogP contribution >= 0.6 is 0 Å². The van der Waals surface area contributed by atoms with Gasteiger partial charge in [-0.1, -0.05) is 0 Å². The van der Waals surface area contributed by atoms with E-state index in [1.165, 1.54) is 18.2 Å². The molecular weight excluding hydrogens is 256 g/mol. The molecule has 0 radical (unpaired) electrons. The summed E-state index contributed by atoms with van der Waals surface area (Å²) in [5, 5.41) is 4.89. The van der Waals surface area contributed by atoms with Gasteiger partial charge in [0.25, 0.3) is 6.43 Å². The maximum atomic E-state index is 12.9. The number of imide groups is 1. The fraction of sp³-hybridized carbons (Fsp3) is 0.333. The van der Waals surface area contributed by atoms with Crippen molar-refractivity contribution in [1.29, 1.82) is 0 Å². The van der Waals surface area contributed by atoms with Crippen LogP contribution in [-0.2, 0) is 9.59 Å². The molecule has 5 nitrogen and oxygen atoms in total. The second-order valence-electron chi connectivity index (χ2n) is 4.30. The molecule has 0 bridgehead atoms. The van der Waals surface area contributed by atoms with E-state index in [1.54, 1.807) is 0 Å². The van der Waals surface area contributed by atoms with E-state index >= 15 is 0 Å². The van der Waals surface area contributed by atoms with Crippen molar-refractivity contribution in [2.24, 2.45) is 0 Å². The molecule has 1 fully saturated rings. The van der Waals surface area contributed by atoms with E-state index in [1.807, 2.05) is 0 Å². The molecule has 1 unspecified atom stereocenters. The first-order chi connectivity index (χ1) is 8.97. The lowest BCUT2D eigenvalue weighted by Crippen LogP contribution is -2.47. The Morgan fingerprint density at radius 1 is 1.37 bits per heavy atom. The maximum Gasteiger partial charge on any atom is 0.265 e. The van der Waals surface area contributed by atoms with Crippen molar-refractivity contribution in [2.75, 3.05) is 11.1 Å². The van der Waals surface area contributed by atoms with Crippen molar-refractivity contribution in [3.63, 3.8) is 0 Å². The van der Waals surface area contributed by atoms with E-state index in [-0.39, 0.29) is 35.7 Å². The highest BCUT2D eigenvalue weighted by molar-refractivity contribution is 6.01. The summed E-state index contributed by atoms with van der Waals surface area (Å²) in [6, 6.07) is 3.35. The fourth-order valence-corrected chi connectivity index (χ4v) is 1.91. The van der Waals surface area contributed by atoms with Crippen LogP contribution in [-0.4, -0.2) is 17.9 Å². The summed E-state index contributed by atoms with van der Waals surface area (Å²) in [5.74, 6) is -0.859. The zero-order valence-electron chi connectivity index (χ0n) is 9.95. The number of carbonyl (C=O) groups is 2. The van der Waals surface area contributed by atoms with Gasteiger partial charge in [0, 0.05) is 23.4 Å². The normalized spacial score (nSPS) is 19.4. The van der Waals surface area contributed by atoms with Crippen LogP contribution in [0, 0.1) is 0 Å². The number of nitrogen functional groups attached to an aromatic ring is 1. The lowest BCUT2D eigenvalue weighted by Gasteiger charge is -2.24. The first kappa shape index (κ1) is 13.3. The van der Waals surface area contributed by atoms with Gasteiger partial charge in [-0.05, 0) is 24.6 Å². The van der Waals surface area contributed by atoms with Gasteiger partial charge in [0.2, 0.25) is 11.8 Å². The highest BCUT2D eigenvalue weighted by atomic mass is 19.3. The Hall–Kier alpha value is -2.18. The Bertz CT molecular complexity index is 520. The van der Waals surface area contributed by atoms with Gasteiger partial charge in [-0.15, -0.1) is 0 Å². The van der Waals surface area contributed by atoms with Crippen LogP contribution in [0.15, 0.2) is 18.2 Å².